The van der Waals surface area contributed by atoms with E-state index in [1.54, 1.807) is 11.8 Å². The molecule has 1 aliphatic rings. The Bertz CT molecular complexity index is 359. The van der Waals surface area contributed by atoms with Crippen molar-refractivity contribution in [1.29, 1.82) is 0 Å². The van der Waals surface area contributed by atoms with Gasteiger partial charge in [0.05, 0.1) is 17.6 Å². The smallest absolute Gasteiger partial charge is 0.307 e. The number of carbonyl (C=O) groups excluding carboxylic acids is 1. The molecule has 1 rings (SSSR count). The van der Waals surface area contributed by atoms with Gasteiger partial charge in [-0.3, -0.25) is 9.59 Å². The molecule has 0 heterocycles. The molecule has 0 bridgehead atoms. The van der Waals surface area contributed by atoms with Crippen molar-refractivity contribution >= 4 is 23.6 Å². The van der Waals surface area contributed by atoms with Crippen LogP contribution in [0.2, 0.25) is 0 Å². The summed E-state index contributed by atoms with van der Waals surface area (Å²) in [6, 6.07) is 0. The average molecular weight is 255 g/mol. The van der Waals surface area contributed by atoms with E-state index in [2.05, 4.69) is 11.2 Å². The van der Waals surface area contributed by atoms with E-state index < -0.39 is 23.2 Å². The van der Waals surface area contributed by atoms with Gasteiger partial charge in [0.1, 0.15) is 0 Å². The molecule has 0 spiro atoms. The first-order valence-corrected chi connectivity index (χ1v) is 6.60. The first-order valence-electron chi connectivity index (χ1n) is 5.44. The Kier molecular flexibility index (Phi) is 4.47. The van der Waals surface area contributed by atoms with Crippen LogP contribution in [0.3, 0.4) is 0 Å². The normalized spacial score (nSPS) is 24.8. The Labute approximate surface area is 106 Å². The van der Waals surface area contributed by atoms with E-state index in [-0.39, 0.29) is 5.91 Å². The maximum absolute atomic E-state index is 11.7. The number of carbonyl (C=O) groups is 2. The fourth-order valence-electron chi connectivity index (χ4n) is 2.08. The molecule has 2 atom stereocenters. The molecule has 0 aromatic rings. The van der Waals surface area contributed by atoms with Gasteiger partial charge in [-0.15, -0.1) is 18.2 Å². The number of hydrogen-bond donors (Lipinski definition) is 2. The van der Waals surface area contributed by atoms with E-state index in [0.717, 1.165) is 5.75 Å². The van der Waals surface area contributed by atoms with Crippen molar-refractivity contribution in [2.75, 3.05) is 18.1 Å². The quantitative estimate of drug-likeness (QED) is 0.545. The van der Waals surface area contributed by atoms with E-state index in [4.69, 9.17) is 11.5 Å². The highest BCUT2D eigenvalue weighted by molar-refractivity contribution is 7.99. The molecule has 0 saturated heterocycles. The van der Waals surface area contributed by atoms with E-state index in [1.807, 2.05) is 13.8 Å². The zero-order chi connectivity index (χ0) is 13.1. The summed E-state index contributed by atoms with van der Waals surface area (Å²) in [4.78, 5) is 22.6. The summed E-state index contributed by atoms with van der Waals surface area (Å²) in [5.41, 5.74) is -0.429. The summed E-state index contributed by atoms with van der Waals surface area (Å²) < 4.78 is 0. The summed E-state index contributed by atoms with van der Waals surface area (Å²) in [5.74, 6) is 1.86. The molecule has 94 valence electrons. The summed E-state index contributed by atoms with van der Waals surface area (Å²) in [5, 5.41) is 11.7. The molecule has 0 aromatic carbocycles. The van der Waals surface area contributed by atoms with Crippen molar-refractivity contribution in [2.24, 2.45) is 17.3 Å². The van der Waals surface area contributed by atoms with Crippen LogP contribution < -0.4 is 5.32 Å². The number of aliphatic carboxylic acids is 1. The lowest BCUT2D eigenvalue weighted by atomic mass is 10.1. The van der Waals surface area contributed by atoms with Gasteiger partial charge in [-0.1, -0.05) is 19.8 Å². The lowest BCUT2D eigenvalue weighted by Crippen LogP contribution is -2.29. The van der Waals surface area contributed by atoms with E-state index in [9.17, 15) is 9.59 Å². The third-order valence-electron chi connectivity index (χ3n) is 3.11. The van der Waals surface area contributed by atoms with Crippen molar-refractivity contribution in [3.63, 3.8) is 0 Å². The van der Waals surface area contributed by atoms with E-state index >= 15 is 0 Å². The van der Waals surface area contributed by atoms with E-state index in [1.165, 1.54) is 0 Å². The molecule has 5 heteroatoms. The van der Waals surface area contributed by atoms with Crippen LogP contribution >= 0.6 is 11.8 Å². The molecule has 1 saturated carbocycles. The SMILES string of the molecule is C#CCSCCNC(=O)C1C(C(=O)O)C1(C)C. The van der Waals surface area contributed by atoms with Gasteiger partial charge in [-0.25, -0.2) is 0 Å². The molecule has 4 nitrogen and oxygen atoms in total. The lowest BCUT2D eigenvalue weighted by molar-refractivity contribution is -0.140. The van der Waals surface area contributed by atoms with Crippen molar-refractivity contribution < 1.29 is 14.7 Å². The minimum Gasteiger partial charge on any atom is -0.481 e. The predicted molar refractivity (Wildman–Crippen MR) is 67.6 cm³/mol. The Morgan fingerprint density at radius 2 is 2.12 bits per heavy atom. The standard InChI is InChI=1S/C12H17NO3S/c1-4-6-17-7-5-13-10(14)8-9(11(15)16)12(8,2)3/h1,8-9H,5-7H2,2-3H3,(H,13,14)(H,15,16). The van der Waals surface area contributed by atoms with Crippen molar-refractivity contribution in [3.05, 3.63) is 0 Å². The van der Waals surface area contributed by atoms with Gasteiger partial charge in [-0.2, -0.15) is 0 Å². The highest BCUT2D eigenvalue weighted by atomic mass is 32.2. The number of terminal acetylenes is 1. The average Bonchev–Trinajstić information content (AvgIpc) is 2.81. The van der Waals surface area contributed by atoms with Crippen LogP contribution in [0.15, 0.2) is 0 Å². The largest absolute Gasteiger partial charge is 0.481 e. The van der Waals surface area contributed by atoms with Gasteiger partial charge in [0.25, 0.3) is 0 Å². The summed E-state index contributed by atoms with van der Waals surface area (Å²) in [6.45, 7) is 4.15. The van der Waals surface area contributed by atoms with Gasteiger partial charge in [-0.05, 0) is 5.41 Å². The summed E-state index contributed by atoms with van der Waals surface area (Å²) in [7, 11) is 0. The van der Waals surface area contributed by atoms with Crippen molar-refractivity contribution in [1.82, 2.24) is 5.32 Å². The van der Waals surface area contributed by atoms with Crippen LogP contribution in [-0.2, 0) is 9.59 Å². The molecule has 2 N–H and O–H groups in total. The van der Waals surface area contributed by atoms with Gasteiger partial charge < -0.3 is 10.4 Å². The van der Waals surface area contributed by atoms with Gasteiger partial charge in [0.2, 0.25) is 5.91 Å². The van der Waals surface area contributed by atoms with Crippen LogP contribution in [0.25, 0.3) is 0 Å². The lowest BCUT2D eigenvalue weighted by Gasteiger charge is -2.04. The number of amides is 1. The molecule has 0 aromatic heterocycles. The van der Waals surface area contributed by atoms with Crippen LogP contribution in [0.1, 0.15) is 13.8 Å². The number of rotatable bonds is 6. The molecule has 1 fully saturated rings. The Balaban J connectivity index is 2.31. The maximum atomic E-state index is 11.7. The first-order chi connectivity index (χ1) is 7.92. The number of thioether (sulfide) groups is 1. The minimum absolute atomic E-state index is 0.163. The zero-order valence-electron chi connectivity index (χ0n) is 10.0. The molecule has 1 aliphatic carbocycles. The minimum atomic E-state index is -0.892. The van der Waals surface area contributed by atoms with Crippen LogP contribution in [-0.4, -0.2) is 35.0 Å². The van der Waals surface area contributed by atoms with Gasteiger partial charge in [0.15, 0.2) is 0 Å². The summed E-state index contributed by atoms with van der Waals surface area (Å²) in [6.07, 6.45) is 5.09. The van der Waals surface area contributed by atoms with Crippen molar-refractivity contribution in [3.8, 4) is 12.3 Å². The zero-order valence-corrected chi connectivity index (χ0v) is 10.8. The highest BCUT2D eigenvalue weighted by Crippen LogP contribution is 2.58. The summed E-state index contributed by atoms with van der Waals surface area (Å²) >= 11 is 1.57. The monoisotopic (exact) mass is 255 g/mol. The topological polar surface area (TPSA) is 66.4 Å². The second-order valence-corrected chi connectivity index (χ2v) is 5.77. The highest BCUT2D eigenvalue weighted by Gasteiger charge is 2.65. The van der Waals surface area contributed by atoms with Gasteiger partial charge in [0, 0.05) is 12.3 Å². The molecule has 0 radical (unpaired) electrons. The maximum Gasteiger partial charge on any atom is 0.307 e. The van der Waals surface area contributed by atoms with Crippen LogP contribution in [0, 0.1) is 29.6 Å². The molecule has 1 amide bonds. The molecular formula is C12H17NO3S. The third kappa shape index (κ3) is 3.16. The fraction of sp³-hybridized carbons (Fsp3) is 0.667. The number of carboxylic acids is 1. The molecule has 0 aliphatic heterocycles. The van der Waals surface area contributed by atoms with Gasteiger partial charge >= 0.3 is 5.97 Å². The molecule has 17 heavy (non-hydrogen) atoms. The third-order valence-corrected chi connectivity index (χ3v) is 3.97. The molecule has 2 unspecified atom stereocenters. The Morgan fingerprint density at radius 3 is 2.59 bits per heavy atom. The molecular weight excluding hydrogens is 238 g/mol. The second kappa shape index (κ2) is 5.46. The Hall–Kier alpha value is -1.15. The number of carboxylic acid groups (broad SMARTS) is 1. The van der Waals surface area contributed by atoms with Crippen molar-refractivity contribution in [2.45, 2.75) is 13.8 Å². The Morgan fingerprint density at radius 1 is 1.47 bits per heavy atom. The van der Waals surface area contributed by atoms with E-state index in [0.29, 0.717) is 12.3 Å². The predicted octanol–water partition coefficient (Wildman–Crippen LogP) is 0.826. The fourth-order valence-corrected chi connectivity index (χ4v) is 2.58. The van der Waals surface area contributed by atoms with Crippen LogP contribution in [0.5, 0.6) is 0 Å². The number of nitrogens with one attached hydrogen (secondary N) is 1. The second-order valence-electron chi connectivity index (χ2n) is 4.66. The number of hydrogen-bond acceptors (Lipinski definition) is 3. The first kappa shape index (κ1) is 13.9. The van der Waals surface area contributed by atoms with Crippen LogP contribution in [0.4, 0.5) is 0 Å².